The molecule has 172 valence electrons. The van der Waals surface area contributed by atoms with Gasteiger partial charge in [-0.3, -0.25) is 29.4 Å². The number of rotatable bonds is 8. The van der Waals surface area contributed by atoms with E-state index in [-0.39, 0.29) is 17.3 Å². The molecule has 0 N–H and O–H groups in total. The number of hydrogen-bond acceptors (Lipinski definition) is 10. The molecule has 33 heavy (non-hydrogen) atoms. The Morgan fingerprint density at radius 2 is 1.91 bits per heavy atom. The highest BCUT2D eigenvalue weighted by Gasteiger charge is 2.36. The van der Waals surface area contributed by atoms with Crippen molar-refractivity contribution in [1.29, 1.82) is 0 Å². The molecule has 0 radical (unpaired) electrons. The Labute approximate surface area is 192 Å². The molecule has 1 aliphatic rings. The van der Waals surface area contributed by atoms with E-state index in [1.54, 1.807) is 13.0 Å². The van der Waals surface area contributed by atoms with Gasteiger partial charge in [-0.05, 0) is 48.5 Å². The lowest BCUT2D eigenvalue weighted by molar-refractivity contribution is -0.385. The standard InChI is InChI=1S/C20H16N2O9S2/c1-2-30-18(23)12-21-19(24)17(32-20(21)25)10-13-5-3-7-15(9-13)31-33(28,29)16-8-4-6-14(11-16)22(26)27/h3-11H,2,12H2,1H3/b17-10-. The summed E-state index contributed by atoms with van der Waals surface area (Å²) in [7, 11) is -4.37. The summed E-state index contributed by atoms with van der Waals surface area (Å²) >= 11 is 0.625. The Morgan fingerprint density at radius 1 is 1.18 bits per heavy atom. The molecule has 1 aliphatic heterocycles. The quantitative estimate of drug-likeness (QED) is 0.177. The molecule has 0 atom stereocenters. The topological polar surface area (TPSA) is 150 Å². The monoisotopic (exact) mass is 492 g/mol. The van der Waals surface area contributed by atoms with Gasteiger partial charge in [0.2, 0.25) is 0 Å². The normalized spacial score (nSPS) is 15.1. The third kappa shape index (κ3) is 5.75. The van der Waals surface area contributed by atoms with Crippen molar-refractivity contribution in [3.63, 3.8) is 0 Å². The van der Waals surface area contributed by atoms with Gasteiger partial charge < -0.3 is 8.92 Å². The molecule has 0 aromatic heterocycles. The van der Waals surface area contributed by atoms with Gasteiger partial charge in [-0.15, -0.1) is 0 Å². The second-order valence-corrected chi connectivity index (χ2v) is 8.98. The zero-order valence-corrected chi connectivity index (χ0v) is 18.6. The van der Waals surface area contributed by atoms with Gasteiger partial charge in [0.05, 0.1) is 16.4 Å². The molecule has 1 saturated heterocycles. The van der Waals surface area contributed by atoms with Crippen LogP contribution >= 0.6 is 11.8 Å². The molecule has 1 fully saturated rings. The number of esters is 1. The lowest BCUT2D eigenvalue weighted by Crippen LogP contribution is -2.34. The van der Waals surface area contributed by atoms with Gasteiger partial charge in [-0.2, -0.15) is 8.42 Å². The lowest BCUT2D eigenvalue weighted by atomic mass is 10.2. The number of carbonyl (C=O) groups is 3. The SMILES string of the molecule is CCOC(=O)CN1C(=O)S/C(=C\c2cccc(OS(=O)(=O)c3cccc([N+](=O)[O-])c3)c2)C1=O. The molecule has 11 nitrogen and oxygen atoms in total. The third-order valence-corrected chi connectivity index (χ3v) is 6.30. The van der Waals surface area contributed by atoms with Gasteiger partial charge >= 0.3 is 16.1 Å². The summed E-state index contributed by atoms with van der Waals surface area (Å²) in [6.07, 6.45) is 1.35. The van der Waals surface area contributed by atoms with Crippen LogP contribution in [0.1, 0.15) is 12.5 Å². The first-order chi connectivity index (χ1) is 15.6. The van der Waals surface area contributed by atoms with E-state index >= 15 is 0 Å². The minimum atomic E-state index is -4.37. The Bertz CT molecular complexity index is 1270. The molecule has 2 aromatic rings. The van der Waals surface area contributed by atoms with Gasteiger partial charge in [0, 0.05) is 12.1 Å². The molecular formula is C20H16N2O9S2. The summed E-state index contributed by atoms with van der Waals surface area (Å²) in [5.74, 6) is -1.52. The molecule has 13 heteroatoms. The maximum Gasteiger partial charge on any atom is 0.339 e. The number of imide groups is 1. The van der Waals surface area contributed by atoms with E-state index in [2.05, 4.69) is 0 Å². The van der Waals surface area contributed by atoms with E-state index in [1.807, 2.05) is 0 Å². The number of hydrogen-bond donors (Lipinski definition) is 0. The van der Waals surface area contributed by atoms with Crippen LogP contribution < -0.4 is 4.18 Å². The number of nitro benzene ring substituents is 1. The van der Waals surface area contributed by atoms with Gasteiger partial charge in [-0.25, -0.2) is 0 Å². The van der Waals surface area contributed by atoms with Crippen molar-refractivity contribution < 1.29 is 36.6 Å². The predicted molar refractivity (Wildman–Crippen MR) is 117 cm³/mol. The number of ether oxygens (including phenoxy) is 1. The van der Waals surface area contributed by atoms with E-state index in [4.69, 9.17) is 8.92 Å². The van der Waals surface area contributed by atoms with Crippen LogP contribution in [0.2, 0.25) is 0 Å². The molecule has 0 bridgehead atoms. The summed E-state index contributed by atoms with van der Waals surface area (Å²) in [6.45, 7) is 1.19. The summed E-state index contributed by atoms with van der Waals surface area (Å²) in [5, 5.41) is 10.3. The lowest BCUT2D eigenvalue weighted by Gasteiger charge is -2.10. The average molecular weight is 492 g/mol. The van der Waals surface area contributed by atoms with Gasteiger partial charge in [0.25, 0.3) is 16.8 Å². The van der Waals surface area contributed by atoms with Crippen molar-refractivity contribution in [2.45, 2.75) is 11.8 Å². The van der Waals surface area contributed by atoms with Crippen LogP contribution in [-0.2, 0) is 24.4 Å². The molecule has 2 amide bonds. The summed E-state index contributed by atoms with van der Waals surface area (Å²) in [4.78, 5) is 46.7. The largest absolute Gasteiger partial charge is 0.465 e. The Hall–Kier alpha value is -3.71. The van der Waals surface area contributed by atoms with Crippen LogP contribution in [0.4, 0.5) is 10.5 Å². The Morgan fingerprint density at radius 3 is 2.61 bits per heavy atom. The van der Waals surface area contributed by atoms with E-state index in [9.17, 15) is 32.9 Å². The minimum Gasteiger partial charge on any atom is -0.465 e. The number of non-ortho nitro benzene ring substituents is 1. The molecule has 0 spiro atoms. The second-order valence-electron chi connectivity index (χ2n) is 6.44. The zero-order chi connectivity index (χ0) is 24.2. The van der Waals surface area contributed by atoms with Crippen molar-refractivity contribution in [1.82, 2.24) is 4.90 Å². The van der Waals surface area contributed by atoms with E-state index in [0.717, 1.165) is 23.1 Å². The number of carbonyl (C=O) groups excluding carboxylic acids is 3. The van der Waals surface area contributed by atoms with Crippen molar-refractivity contribution >= 4 is 50.8 Å². The fraction of sp³-hybridized carbons (Fsp3) is 0.150. The van der Waals surface area contributed by atoms with Crippen LogP contribution in [0.15, 0.2) is 58.3 Å². The van der Waals surface area contributed by atoms with Crippen LogP contribution in [0.5, 0.6) is 5.75 Å². The van der Waals surface area contributed by atoms with Gasteiger partial charge in [0.1, 0.15) is 17.2 Å². The molecular weight excluding hydrogens is 476 g/mol. The first-order valence-electron chi connectivity index (χ1n) is 9.30. The maximum atomic E-state index is 12.5. The molecule has 0 aliphatic carbocycles. The Balaban J connectivity index is 1.80. The molecule has 2 aromatic carbocycles. The van der Waals surface area contributed by atoms with Crippen molar-refractivity contribution in [2.75, 3.05) is 13.2 Å². The first-order valence-corrected chi connectivity index (χ1v) is 11.5. The number of nitro groups is 1. The number of benzene rings is 2. The number of amides is 2. The fourth-order valence-corrected chi connectivity index (χ4v) is 4.51. The fourth-order valence-electron chi connectivity index (χ4n) is 2.71. The maximum absolute atomic E-state index is 12.5. The average Bonchev–Trinajstić information content (AvgIpc) is 3.01. The van der Waals surface area contributed by atoms with Crippen LogP contribution in [0, 0.1) is 10.1 Å². The summed E-state index contributed by atoms with van der Waals surface area (Å²) in [6, 6.07) is 10.1. The van der Waals surface area contributed by atoms with E-state index in [0.29, 0.717) is 17.3 Å². The highest BCUT2D eigenvalue weighted by atomic mass is 32.2. The predicted octanol–water partition coefficient (Wildman–Crippen LogP) is 2.96. The minimum absolute atomic E-state index is 0.0305. The highest BCUT2D eigenvalue weighted by molar-refractivity contribution is 8.18. The Kier molecular flexibility index (Phi) is 7.13. The molecule has 0 unspecified atom stereocenters. The second kappa shape index (κ2) is 9.83. The molecule has 1 heterocycles. The molecule has 3 rings (SSSR count). The van der Waals surface area contributed by atoms with Gasteiger partial charge in [-0.1, -0.05) is 18.2 Å². The summed E-state index contributed by atoms with van der Waals surface area (Å²) < 4.78 is 34.8. The van der Waals surface area contributed by atoms with E-state index < -0.39 is 49.3 Å². The number of nitrogens with zero attached hydrogens (tertiary/aromatic N) is 2. The number of thioether (sulfide) groups is 1. The van der Waals surface area contributed by atoms with Crippen molar-refractivity contribution in [3.05, 3.63) is 69.1 Å². The molecule has 0 saturated carbocycles. The van der Waals surface area contributed by atoms with Gasteiger partial charge in [0.15, 0.2) is 0 Å². The first kappa shape index (κ1) is 23.9. The van der Waals surface area contributed by atoms with Crippen LogP contribution in [0.3, 0.4) is 0 Å². The third-order valence-electron chi connectivity index (χ3n) is 4.15. The van der Waals surface area contributed by atoms with Crippen LogP contribution in [0.25, 0.3) is 6.08 Å². The van der Waals surface area contributed by atoms with Crippen LogP contribution in [-0.4, -0.2) is 48.5 Å². The highest BCUT2D eigenvalue weighted by Crippen LogP contribution is 2.33. The zero-order valence-electron chi connectivity index (χ0n) is 17.0. The van der Waals surface area contributed by atoms with Crippen molar-refractivity contribution in [2.24, 2.45) is 0 Å². The van der Waals surface area contributed by atoms with Crippen molar-refractivity contribution in [3.8, 4) is 5.75 Å². The smallest absolute Gasteiger partial charge is 0.339 e. The summed E-state index contributed by atoms with van der Waals surface area (Å²) in [5.41, 5.74) is -0.0599. The van der Waals surface area contributed by atoms with E-state index in [1.165, 1.54) is 30.3 Å².